The van der Waals surface area contributed by atoms with Gasteiger partial charge >= 0.3 is 0 Å². The van der Waals surface area contributed by atoms with E-state index in [2.05, 4.69) is 9.97 Å². The topological polar surface area (TPSA) is 67.1 Å². The Morgan fingerprint density at radius 3 is 2.56 bits per heavy atom. The summed E-state index contributed by atoms with van der Waals surface area (Å²) in [6.07, 6.45) is 0. The second-order valence-corrected chi connectivity index (χ2v) is 3.57. The summed E-state index contributed by atoms with van der Waals surface area (Å²) in [6, 6.07) is 3.31. The fourth-order valence-corrected chi connectivity index (χ4v) is 1.69. The van der Waals surface area contributed by atoms with Crippen LogP contribution in [-0.4, -0.2) is 24.2 Å². The molecule has 0 unspecified atom stereocenters. The van der Waals surface area contributed by atoms with E-state index in [0.717, 1.165) is 0 Å². The number of H-pyrrole nitrogens is 2. The van der Waals surface area contributed by atoms with Crippen LogP contribution in [0, 0.1) is 4.77 Å². The zero-order valence-electron chi connectivity index (χ0n) is 8.79. The summed E-state index contributed by atoms with van der Waals surface area (Å²) in [5.74, 6) is 1.08. The summed E-state index contributed by atoms with van der Waals surface area (Å²) in [5.41, 5.74) is 0.299. The minimum absolute atomic E-state index is 0.265. The van der Waals surface area contributed by atoms with Crippen molar-refractivity contribution in [2.24, 2.45) is 0 Å². The molecule has 16 heavy (non-hydrogen) atoms. The fourth-order valence-electron chi connectivity index (χ4n) is 1.49. The lowest BCUT2D eigenvalue weighted by atomic mass is 10.2. The number of hydrogen-bond donors (Lipinski definition) is 2. The van der Waals surface area contributed by atoms with Crippen molar-refractivity contribution >= 4 is 23.1 Å². The fraction of sp³-hybridized carbons (Fsp3) is 0.200. The SMILES string of the molecule is COc1cc(OC)c2[nH]c(=S)[nH]c(=O)c2c1. The molecule has 6 heteroatoms. The molecule has 0 aliphatic heterocycles. The van der Waals surface area contributed by atoms with Crippen molar-refractivity contribution in [2.75, 3.05) is 14.2 Å². The van der Waals surface area contributed by atoms with Crippen LogP contribution in [0.4, 0.5) is 0 Å². The van der Waals surface area contributed by atoms with Gasteiger partial charge in [0.1, 0.15) is 11.5 Å². The van der Waals surface area contributed by atoms with Crippen molar-refractivity contribution in [1.82, 2.24) is 9.97 Å². The zero-order chi connectivity index (χ0) is 11.7. The van der Waals surface area contributed by atoms with Gasteiger partial charge in [0.25, 0.3) is 5.56 Å². The second-order valence-electron chi connectivity index (χ2n) is 3.16. The van der Waals surface area contributed by atoms with E-state index in [1.165, 1.54) is 14.2 Å². The van der Waals surface area contributed by atoms with Gasteiger partial charge in [-0.3, -0.25) is 9.78 Å². The third-order valence-electron chi connectivity index (χ3n) is 2.24. The number of benzene rings is 1. The van der Waals surface area contributed by atoms with Crippen molar-refractivity contribution in [1.29, 1.82) is 0 Å². The van der Waals surface area contributed by atoms with Crippen LogP contribution in [0.15, 0.2) is 16.9 Å². The maximum Gasteiger partial charge on any atom is 0.259 e. The number of aromatic nitrogens is 2. The van der Waals surface area contributed by atoms with Gasteiger partial charge in [-0.1, -0.05) is 0 Å². The van der Waals surface area contributed by atoms with Gasteiger partial charge < -0.3 is 14.5 Å². The number of ether oxygens (including phenoxy) is 2. The highest BCUT2D eigenvalue weighted by Crippen LogP contribution is 2.27. The lowest BCUT2D eigenvalue weighted by Crippen LogP contribution is -2.08. The largest absolute Gasteiger partial charge is 0.497 e. The van der Waals surface area contributed by atoms with E-state index in [9.17, 15) is 4.79 Å². The standard InChI is InChI=1S/C10H10N2O3S/c1-14-5-3-6-8(7(4-5)15-2)11-10(16)12-9(6)13/h3-4H,1-2H3,(H2,11,12,13,16). The molecule has 0 atom stereocenters. The van der Waals surface area contributed by atoms with E-state index in [1.807, 2.05) is 0 Å². The Bertz CT molecular complexity index is 645. The van der Waals surface area contributed by atoms with Crippen molar-refractivity contribution in [2.45, 2.75) is 0 Å². The lowest BCUT2D eigenvalue weighted by molar-refractivity contribution is 0.397. The molecule has 0 fully saturated rings. The number of hydrogen-bond acceptors (Lipinski definition) is 4. The number of aromatic amines is 2. The van der Waals surface area contributed by atoms with Crippen LogP contribution in [-0.2, 0) is 0 Å². The smallest absolute Gasteiger partial charge is 0.259 e. The van der Waals surface area contributed by atoms with E-state index in [4.69, 9.17) is 21.7 Å². The van der Waals surface area contributed by atoms with Crippen LogP contribution in [0.5, 0.6) is 11.5 Å². The number of rotatable bonds is 2. The predicted octanol–water partition coefficient (Wildman–Crippen LogP) is 1.60. The minimum Gasteiger partial charge on any atom is -0.497 e. The summed E-state index contributed by atoms with van der Waals surface area (Å²) < 4.78 is 10.5. The van der Waals surface area contributed by atoms with E-state index in [1.54, 1.807) is 12.1 Å². The molecule has 2 N–H and O–H groups in total. The van der Waals surface area contributed by atoms with Crippen molar-refractivity contribution in [3.63, 3.8) is 0 Å². The highest BCUT2D eigenvalue weighted by Gasteiger charge is 2.08. The summed E-state index contributed by atoms with van der Waals surface area (Å²) >= 11 is 4.90. The Kier molecular flexibility index (Phi) is 2.66. The first kappa shape index (κ1) is 10.7. The van der Waals surface area contributed by atoms with Gasteiger partial charge in [0.2, 0.25) is 0 Å². The van der Waals surface area contributed by atoms with Crippen LogP contribution in [0.2, 0.25) is 0 Å². The quantitative estimate of drug-likeness (QED) is 0.780. The molecule has 0 bridgehead atoms. The Balaban J connectivity index is 2.95. The maximum absolute atomic E-state index is 11.7. The lowest BCUT2D eigenvalue weighted by Gasteiger charge is -2.07. The first-order chi connectivity index (χ1) is 7.65. The van der Waals surface area contributed by atoms with E-state index in [0.29, 0.717) is 22.4 Å². The van der Waals surface area contributed by atoms with Crippen molar-refractivity contribution in [3.8, 4) is 11.5 Å². The molecule has 1 aromatic heterocycles. The normalized spacial score (nSPS) is 10.4. The van der Waals surface area contributed by atoms with Crippen LogP contribution >= 0.6 is 12.2 Å². The molecule has 5 nitrogen and oxygen atoms in total. The number of fused-ring (bicyclic) bond motifs is 1. The third kappa shape index (κ3) is 1.67. The summed E-state index contributed by atoms with van der Waals surface area (Å²) in [5, 5.41) is 0.449. The first-order valence-corrected chi connectivity index (χ1v) is 4.95. The molecule has 84 valence electrons. The number of methoxy groups -OCH3 is 2. The van der Waals surface area contributed by atoms with Crippen LogP contribution in [0.1, 0.15) is 0 Å². The van der Waals surface area contributed by atoms with Crippen molar-refractivity contribution in [3.05, 3.63) is 27.3 Å². The van der Waals surface area contributed by atoms with Gasteiger partial charge in [-0.05, 0) is 18.3 Å². The average molecular weight is 238 g/mol. The minimum atomic E-state index is -0.268. The van der Waals surface area contributed by atoms with Crippen LogP contribution in [0.25, 0.3) is 10.9 Å². The zero-order valence-corrected chi connectivity index (χ0v) is 9.60. The summed E-state index contributed by atoms with van der Waals surface area (Å²) in [4.78, 5) is 17.1. The Morgan fingerprint density at radius 2 is 1.94 bits per heavy atom. The molecule has 2 aromatic rings. The molecule has 0 radical (unpaired) electrons. The monoisotopic (exact) mass is 238 g/mol. The summed E-state index contributed by atoms with van der Waals surface area (Å²) in [7, 11) is 3.05. The van der Waals surface area contributed by atoms with Gasteiger partial charge in [0, 0.05) is 6.07 Å². The highest BCUT2D eigenvalue weighted by molar-refractivity contribution is 7.71. The summed E-state index contributed by atoms with van der Waals surface area (Å²) in [6.45, 7) is 0. The molecular formula is C10H10N2O3S. The maximum atomic E-state index is 11.7. The third-order valence-corrected chi connectivity index (χ3v) is 2.45. The molecule has 1 heterocycles. The Morgan fingerprint density at radius 1 is 1.19 bits per heavy atom. The molecule has 0 aliphatic rings. The van der Waals surface area contributed by atoms with Gasteiger partial charge in [-0.15, -0.1) is 0 Å². The molecular weight excluding hydrogens is 228 g/mol. The number of nitrogens with one attached hydrogen (secondary N) is 2. The van der Waals surface area contributed by atoms with Crippen molar-refractivity contribution < 1.29 is 9.47 Å². The van der Waals surface area contributed by atoms with Gasteiger partial charge in [0.05, 0.1) is 25.1 Å². The van der Waals surface area contributed by atoms with Crippen LogP contribution < -0.4 is 15.0 Å². The van der Waals surface area contributed by atoms with E-state index in [-0.39, 0.29) is 10.3 Å². The predicted molar refractivity (Wildman–Crippen MR) is 62.9 cm³/mol. The van der Waals surface area contributed by atoms with Gasteiger partial charge in [0.15, 0.2) is 4.77 Å². The van der Waals surface area contributed by atoms with E-state index >= 15 is 0 Å². The molecule has 1 aromatic carbocycles. The Hall–Kier alpha value is -1.82. The van der Waals surface area contributed by atoms with Gasteiger partial charge in [-0.2, -0.15) is 0 Å². The molecule has 0 amide bonds. The molecule has 0 aliphatic carbocycles. The first-order valence-electron chi connectivity index (χ1n) is 4.54. The molecule has 0 saturated heterocycles. The average Bonchev–Trinajstić information content (AvgIpc) is 2.28. The second kappa shape index (κ2) is 3.97. The van der Waals surface area contributed by atoms with Gasteiger partial charge in [-0.25, -0.2) is 0 Å². The van der Waals surface area contributed by atoms with E-state index < -0.39 is 0 Å². The highest BCUT2D eigenvalue weighted by atomic mass is 32.1. The molecule has 0 spiro atoms. The van der Waals surface area contributed by atoms with Crippen LogP contribution in [0.3, 0.4) is 0 Å². The molecule has 0 saturated carbocycles. The molecule has 2 rings (SSSR count). The Labute approximate surface area is 96.0 Å².